The molecule has 0 aromatic heterocycles. The Balaban J connectivity index is 1.85. The summed E-state index contributed by atoms with van der Waals surface area (Å²) in [6, 6.07) is 7.02. The molecule has 3 N–H and O–H groups in total. The Morgan fingerprint density at radius 1 is 1.30 bits per heavy atom. The SMILES string of the molecule is COc1ccc(N2C(=O)CS[C@H]2[C@H]2O[C@H](CO)[C@@H](O)[C@@H]2O)cc1. The third kappa shape index (κ3) is 2.92. The number of hydrogen-bond acceptors (Lipinski definition) is 7. The fraction of sp³-hybridized carbons (Fsp3) is 0.533. The standard InChI is InChI=1S/C15H19NO6S/c1-21-9-4-2-8(3-5-9)16-11(18)7-23-15(16)14-13(20)12(19)10(6-17)22-14/h2-5,10,12-15,17,19-20H,6-7H2,1H3/t10-,12-,13+,14+,15+/m1/s1. The summed E-state index contributed by atoms with van der Waals surface area (Å²) in [5.74, 6) is 0.851. The van der Waals surface area contributed by atoms with Gasteiger partial charge >= 0.3 is 0 Å². The van der Waals surface area contributed by atoms with E-state index < -0.39 is 29.8 Å². The largest absolute Gasteiger partial charge is 0.497 e. The molecule has 3 rings (SSSR count). The van der Waals surface area contributed by atoms with E-state index in [4.69, 9.17) is 9.47 Å². The first kappa shape index (κ1) is 16.5. The molecule has 0 bridgehead atoms. The molecule has 5 atom stereocenters. The van der Waals surface area contributed by atoms with Crippen molar-refractivity contribution >= 4 is 23.4 Å². The number of benzene rings is 1. The highest BCUT2D eigenvalue weighted by Crippen LogP contribution is 2.38. The first-order chi connectivity index (χ1) is 11.1. The molecule has 23 heavy (non-hydrogen) atoms. The summed E-state index contributed by atoms with van der Waals surface area (Å²) in [6.07, 6.45) is -3.93. The normalized spacial score (nSPS) is 34.2. The van der Waals surface area contributed by atoms with E-state index in [2.05, 4.69) is 0 Å². The minimum Gasteiger partial charge on any atom is -0.497 e. The Morgan fingerprint density at radius 3 is 2.57 bits per heavy atom. The van der Waals surface area contributed by atoms with Crippen LogP contribution >= 0.6 is 11.8 Å². The Bertz CT molecular complexity index is 568. The van der Waals surface area contributed by atoms with Crippen LogP contribution < -0.4 is 9.64 Å². The van der Waals surface area contributed by atoms with E-state index >= 15 is 0 Å². The van der Waals surface area contributed by atoms with E-state index in [1.54, 1.807) is 36.3 Å². The molecule has 1 aromatic carbocycles. The Labute approximate surface area is 137 Å². The molecule has 8 heteroatoms. The van der Waals surface area contributed by atoms with Crippen molar-refractivity contribution in [2.75, 3.05) is 24.4 Å². The summed E-state index contributed by atoms with van der Waals surface area (Å²) in [5.41, 5.74) is 0.670. The topological polar surface area (TPSA) is 99.5 Å². The van der Waals surface area contributed by atoms with Crippen molar-refractivity contribution < 1.29 is 29.6 Å². The van der Waals surface area contributed by atoms with Crippen molar-refractivity contribution in [3.05, 3.63) is 24.3 Å². The molecule has 0 aliphatic carbocycles. The van der Waals surface area contributed by atoms with Gasteiger partial charge in [-0.25, -0.2) is 0 Å². The maximum absolute atomic E-state index is 12.3. The molecule has 1 amide bonds. The van der Waals surface area contributed by atoms with E-state index in [0.717, 1.165) is 0 Å². The van der Waals surface area contributed by atoms with Crippen molar-refractivity contribution in [1.29, 1.82) is 0 Å². The molecular weight excluding hydrogens is 322 g/mol. The maximum Gasteiger partial charge on any atom is 0.238 e. The van der Waals surface area contributed by atoms with E-state index in [-0.39, 0.29) is 18.3 Å². The Kier molecular flexibility index (Phi) is 4.79. The van der Waals surface area contributed by atoms with Crippen molar-refractivity contribution in [1.82, 2.24) is 0 Å². The van der Waals surface area contributed by atoms with Gasteiger partial charge in [0.05, 0.1) is 19.5 Å². The summed E-state index contributed by atoms with van der Waals surface area (Å²) in [5, 5.41) is 28.9. The highest BCUT2D eigenvalue weighted by molar-refractivity contribution is 8.01. The van der Waals surface area contributed by atoms with Crippen molar-refractivity contribution in [3.8, 4) is 5.75 Å². The maximum atomic E-state index is 12.3. The fourth-order valence-electron chi connectivity index (χ4n) is 2.88. The highest BCUT2D eigenvalue weighted by atomic mass is 32.2. The molecule has 2 saturated heterocycles. The van der Waals surface area contributed by atoms with Crippen LogP contribution in [-0.4, -0.2) is 70.5 Å². The number of thioether (sulfide) groups is 1. The first-order valence-corrected chi connectivity index (χ1v) is 8.32. The molecule has 7 nitrogen and oxygen atoms in total. The summed E-state index contributed by atoms with van der Waals surface area (Å²) < 4.78 is 10.7. The van der Waals surface area contributed by atoms with Gasteiger partial charge in [-0.15, -0.1) is 11.8 Å². The number of rotatable bonds is 4. The number of nitrogens with zero attached hydrogens (tertiary/aromatic N) is 1. The van der Waals surface area contributed by atoms with Gasteiger partial charge in [-0.05, 0) is 24.3 Å². The fourth-order valence-corrected chi connectivity index (χ4v) is 4.14. The number of amides is 1. The summed E-state index contributed by atoms with van der Waals surface area (Å²) in [7, 11) is 1.56. The number of aliphatic hydroxyl groups excluding tert-OH is 3. The highest BCUT2D eigenvalue weighted by Gasteiger charge is 2.50. The zero-order valence-corrected chi connectivity index (χ0v) is 13.3. The molecule has 0 unspecified atom stereocenters. The lowest BCUT2D eigenvalue weighted by Crippen LogP contribution is -2.46. The number of aliphatic hydroxyl groups is 3. The van der Waals surface area contributed by atoms with Crippen molar-refractivity contribution in [3.63, 3.8) is 0 Å². The second-order valence-corrected chi connectivity index (χ2v) is 6.57. The average Bonchev–Trinajstić information content (AvgIpc) is 3.08. The quantitative estimate of drug-likeness (QED) is 0.684. The molecule has 0 saturated carbocycles. The molecule has 2 aliphatic rings. The van der Waals surface area contributed by atoms with Crippen LogP contribution in [0.15, 0.2) is 24.3 Å². The van der Waals surface area contributed by atoms with Gasteiger partial charge < -0.3 is 24.8 Å². The van der Waals surface area contributed by atoms with Gasteiger partial charge in [-0.2, -0.15) is 0 Å². The lowest BCUT2D eigenvalue weighted by molar-refractivity contribution is -0.116. The van der Waals surface area contributed by atoms with Crippen LogP contribution in [0.4, 0.5) is 5.69 Å². The molecule has 1 aromatic rings. The third-order valence-electron chi connectivity index (χ3n) is 4.11. The van der Waals surface area contributed by atoms with Gasteiger partial charge in [0.15, 0.2) is 0 Å². The third-order valence-corrected chi connectivity index (χ3v) is 5.35. The van der Waals surface area contributed by atoms with E-state index in [9.17, 15) is 20.1 Å². The van der Waals surface area contributed by atoms with Crippen LogP contribution in [0, 0.1) is 0 Å². The van der Waals surface area contributed by atoms with Gasteiger partial charge in [-0.1, -0.05) is 0 Å². The number of carbonyl (C=O) groups is 1. The van der Waals surface area contributed by atoms with E-state index in [0.29, 0.717) is 11.4 Å². The van der Waals surface area contributed by atoms with Gasteiger partial charge in [0.1, 0.15) is 35.5 Å². The monoisotopic (exact) mass is 341 g/mol. The Morgan fingerprint density at radius 2 is 2.00 bits per heavy atom. The predicted octanol–water partition coefficient (Wildman–Crippen LogP) is -0.417. The molecule has 2 heterocycles. The minimum absolute atomic E-state index is 0.0945. The number of ether oxygens (including phenoxy) is 2. The smallest absolute Gasteiger partial charge is 0.238 e. The van der Waals surface area contributed by atoms with Crippen LogP contribution in [-0.2, 0) is 9.53 Å². The van der Waals surface area contributed by atoms with E-state index in [1.807, 2.05) is 0 Å². The molecule has 0 spiro atoms. The molecule has 0 radical (unpaired) electrons. The van der Waals surface area contributed by atoms with Gasteiger partial charge in [0, 0.05) is 5.69 Å². The van der Waals surface area contributed by atoms with Gasteiger partial charge in [0.25, 0.3) is 0 Å². The van der Waals surface area contributed by atoms with E-state index in [1.165, 1.54) is 11.8 Å². The first-order valence-electron chi connectivity index (χ1n) is 7.27. The number of anilines is 1. The summed E-state index contributed by atoms with van der Waals surface area (Å²) in [4.78, 5) is 13.8. The van der Waals surface area contributed by atoms with Crippen molar-refractivity contribution in [2.24, 2.45) is 0 Å². The molecular formula is C15H19NO6S. The average molecular weight is 341 g/mol. The van der Waals surface area contributed by atoms with Crippen LogP contribution in [0.25, 0.3) is 0 Å². The molecule has 126 valence electrons. The zero-order chi connectivity index (χ0) is 16.6. The number of methoxy groups -OCH3 is 1. The lowest BCUT2D eigenvalue weighted by atomic mass is 10.1. The van der Waals surface area contributed by atoms with Gasteiger partial charge in [0.2, 0.25) is 5.91 Å². The second-order valence-electron chi connectivity index (χ2n) is 5.47. The second kappa shape index (κ2) is 6.66. The number of carbonyl (C=O) groups excluding carboxylic acids is 1. The van der Waals surface area contributed by atoms with Crippen LogP contribution in [0.3, 0.4) is 0 Å². The Hall–Kier alpha value is -1.32. The zero-order valence-electron chi connectivity index (χ0n) is 12.5. The van der Waals surface area contributed by atoms with Crippen LogP contribution in [0.2, 0.25) is 0 Å². The van der Waals surface area contributed by atoms with Crippen molar-refractivity contribution in [2.45, 2.75) is 29.8 Å². The number of hydrogen-bond donors (Lipinski definition) is 3. The summed E-state index contributed by atoms with van der Waals surface area (Å²) in [6.45, 7) is -0.386. The minimum atomic E-state index is -1.17. The van der Waals surface area contributed by atoms with Crippen LogP contribution in [0.5, 0.6) is 5.75 Å². The van der Waals surface area contributed by atoms with Crippen LogP contribution in [0.1, 0.15) is 0 Å². The molecule has 2 fully saturated rings. The molecule has 2 aliphatic heterocycles. The summed E-state index contributed by atoms with van der Waals surface area (Å²) >= 11 is 1.35. The predicted molar refractivity (Wildman–Crippen MR) is 84.5 cm³/mol. The van der Waals surface area contributed by atoms with Gasteiger partial charge in [-0.3, -0.25) is 9.69 Å². The lowest BCUT2D eigenvalue weighted by Gasteiger charge is -2.30.